The normalized spacial score (nSPS) is 12.6. The molecule has 0 atom stereocenters. The van der Waals surface area contributed by atoms with Gasteiger partial charge in [0.2, 0.25) is 5.69 Å². The van der Waals surface area contributed by atoms with Crippen LogP contribution in [0, 0.1) is 0 Å². The smallest absolute Gasteiger partial charge is 0.222 e. The monoisotopic (exact) mass is 340 g/mol. The fourth-order valence-corrected chi connectivity index (χ4v) is 2.69. The third-order valence-corrected chi connectivity index (χ3v) is 4.06. The zero-order valence-corrected chi connectivity index (χ0v) is 16.4. The average Bonchev–Trinajstić information content (AvgIpc) is 3.30. The molecule has 3 heteroatoms. The van der Waals surface area contributed by atoms with E-state index in [4.69, 9.17) is 0 Å². The van der Waals surface area contributed by atoms with Gasteiger partial charge in [0, 0.05) is 44.5 Å². The van der Waals surface area contributed by atoms with E-state index in [0.29, 0.717) is 0 Å². The van der Waals surface area contributed by atoms with E-state index < -0.39 is 0 Å². The van der Waals surface area contributed by atoms with Crippen LogP contribution >= 0.6 is 0 Å². The highest BCUT2D eigenvalue weighted by molar-refractivity contribution is 5.30. The number of rotatable bonds is 4. The van der Waals surface area contributed by atoms with Gasteiger partial charge in [-0.05, 0) is 18.4 Å². The maximum absolute atomic E-state index is 4.16. The first-order chi connectivity index (χ1) is 12.1. The van der Waals surface area contributed by atoms with Crippen LogP contribution in [0.4, 0.5) is 5.69 Å². The van der Waals surface area contributed by atoms with Crippen LogP contribution in [0.5, 0.6) is 0 Å². The van der Waals surface area contributed by atoms with Crippen LogP contribution in [0.2, 0.25) is 0 Å². The van der Waals surface area contributed by atoms with Crippen molar-refractivity contribution >= 4 is 12.4 Å². The fraction of sp³-hybridized carbons (Fsp3) is 0.409. The molecule has 1 fully saturated rings. The Morgan fingerprint density at radius 3 is 2.12 bits per heavy atom. The minimum absolute atomic E-state index is 1.00. The predicted octanol–water partition coefficient (Wildman–Crippen LogP) is 4.86. The van der Waals surface area contributed by atoms with Crippen molar-refractivity contribution in [3.05, 3.63) is 66.6 Å². The van der Waals surface area contributed by atoms with Gasteiger partial charge in [-0.1, -0.05) is 50.8 Å². The summed E-state index contributed by atoms with van der Waals surface area (Å²) in [6.45, 7) is 14.3. The summed E-state index contributed by atoms with van der Waals surface area (Å²) in [5.74, 6) is 0. The lowest BCUT2D eigenvalue weighted by Crippen LogP contribution is -2.19. The van der Waals surface area contributed by atoms with E-state index in [-0.39, 0.29) is 0 Å². The van der Waals surface area contributed by atoms with E-state index in [1.54, 1.807) is 0 Å². The van der Waals surface area contributed by atoms with Crippen molar-refractivity contribution < 1.29 is 4.58 Å². The molecule has 25 heavy (non-hydrogen) atoms. The van der Waals surface area contributed by atoms with Crippen LogP contribution in [0.3, 0.4) is 0 Å². The summed E-state index contributed by atoms with van der Waals surface area (Å²) in [4.78, 5) is 2.41. The lowest BCUT2D eigenvalue weighted by molar-refractivity contribution is -0.394. The molecule has 0 radical (unpaired) electrons. The Morgan fingerprint density at radius 2 is 1.68 bits per heavy atom. The molecule has 1 aliphatic rings. The van der Waals surface area contributed by atoms with Crippen molar-refractivity contribution in [1.29, 1.82) is 0 Å². The largest absolute Gasteiger partial charge is 0.375 e. The van der Waals surface area contributed by atoms with Crippen molar-refractivity contribution in [3.8, 4) is 0 Å². The second-order valence-corrected chi connectivity index (χ2v) is 6.16. The zero-order chi connectivity index (χ0) is 18.7. The van der Waals surface area contributed by atoms with Crippen LogP contribution in [0.1, 0.15) is 32.3 Å². The Labute approximate surface area is 153 Å². The third kappa shape index (κ3) is 7.42. The number of benzene rings is 1. The summed E-state index contributed by atoms with van der Waals surface area (Å²) >= 11 is 0. The molecule has 2 aromatic rings. The van der Waals surface area contributed by atoms with Crippen LogP contribution in [-0.4, -0.2) is 40.9 Å². The number of likely N-dealkylation sites (tertiary alicyclic amines) is 1. The number of hydrogen-bond acceptors (Lipinski definition) is 1. The molecule has 0 spiro atoms. The van der Waals surface area contributed by atoms with Crippen molar-refractivity contribution in [2.45, 2.75) is 33.1 Å². The van der Waals surface area contributed by atoms with E-state index in [2.05, 4.69) is 48.5 Å². The lowest BCUT2D eigenvalue weighted by atomic mass is 10.1. The molecule has 0 aliphatic carbocycles. The Morgan fingerprint density at radius 1 is 1.08 bits per heavy atom. The van der Waals surface area contributed by atoms with E-state index in [1.807, 2.05) is 55.5 Å². The van der Waals surface area contributed by atoms with Crippen molar-refractivity contribution in [3.63, 3.8) is 0 Å². The van der Waals surface area contributed by atoms with Gasteiger partial charge >= 0.3 is 0 Å². The summed E-state index contributed by atoms with van der Waals surface area (Å²) < 4.78 is 3.83. The van der Waals surface area contributed by atoms with Crippen LogP contribution in [0.25, 0.3) is 0 Å². The maximum atomic E-state index is 4.16. The molecule has 2 heterocycles. The number of allylic oxidation sites excluding steroid dienone is 1. The van der Waals surface area contributed by atoms with E-state index in [0.717, 1.165) is 12.1 Å². The van der Waals surface area contributed by atoms with Gasteiger partial charge in [-0.2, -0.15) is 0 Å². The third-order valence-electron chi connectivity index (χ3n) is 4.06. The standard InChI is InChI=1S/C13H17N.C7H11N2.C2H6/c1-12(14-9-5-6-10-14)11-13-7-3-2-4-8-13;1-8(2)7-4-5-9(3)6-7;1-2/h2-4,7-8H,1,5-6,9-11H2;4-6H,1H2,2-3H3;1-2H3/q;+1;. The molecule has 1 saturated heterocycles. The summed E-state index contributed by atoms with van der Waals surface area (Å²) in [6.07, 6.45) is 7.67. The summed E-state index contributed by atoms with van der Waals surface area (Å²) in [6, 6.07) is 12.6. The van der Waals surface area contributed by atoms with Crippen LogP contribution < -0.4 is 0 Å². The van der Waals surface area contributed by atoms with Gasteiger partial charge < -0.3 is 9.47 Å². The van der Waals surface area contributed by atoms with Gasteiger partial charge in [-0.25, -0.2) is 4.58 Å². The first kappa shape index (κ1) is 20.8. The minimum atomic E-state index is 1.00. The molecule has 1 aliphatic heterocycles. The molecular weight excluding hydrogens is 306 g/mol. The van der Waals surface area contributed by atoms with Crippen molar-refractivity contribution in [2.24, 2.45) is 7.05 Å². The van der Waals surface area contributed by atoms with Gasteiger partial charge in [0.1, 0.15) is 13.8 Å². The minimum Gasteiger partial charge on any atom is -0.375 e. The molecule has 1 aromatic carbocycles. The first-order valence-corrected chi connectivity index (χ1v) is 9.19. The molecule has 1 aromatic heterocycles. The second-order valence-electron chi connectivity index (χ2n) is 6.16. The molecule has 0 amide bonds. The summed E-state index contributed by atoms with van der Waals surface area (Å²) in [5, 5.41) is 0. The highest BCUT2D eigenvalue weighted by atomic mass is 15.1. The van der Waals surface area contributed by atoms with E-state index in [9.17, 15) is 0 Å². The Kier molecular flexibility index (Phi) is 9.38. The molecule has 0 bridgehead atoms. The molecule has 0 saturated carbocycles. The molecule has 136 valence electrons. The molecular formula is C22H34N3+. The number of hydrogen-bond donors (Lipinski definition) is 0. The molecule has 3 rings (SSSR count). The van der Waals surface area contributed by atoms with Gasteiger partial charge in [0.25, 0.3) is 0 Å². The summed E-state index contributed by atoms with van der Waals surface area (Å²) in [7, 11) is 3.92. The van der Waals surface area contributed by atoms with Crippen LogP contribution in [0.15, 0.2) is 61.1 Å². The zero-order valence-electron chi connectivity index (χ0n) is 16.4. The fourth-order valence-electron chi connectivity index (χ4n) is 2.69. The predicted molar refractivity (Wildman–Crippen MR) is 110 cm³/mol. The lowest BCUT2D eigenvalue weighted by Gasteiger charge is -2.20. The highest BCUT2D eigenvalue weighted by Crippen LogP contribution is 2.16. The van der Waals surface area contributed by atoms with Gasteiger partial charge in [-0.15, -0.1) is 0 Å². The topological polar surface area (TPSA) is 11.2 Å². The SMILES string of the molecule is C=C(Cc1ccccc1)N1CCCC1.C=[N+](C)c1ccn(C)c1.CC. The number of nitrogens with zero attached hydrogens (tertiary/aromatic N) is 3. The van der Waals surface area contributed by atoms with Gasteiger partial charge in [0.15, 0.2) is 0 Å². The Balaban J connectivity index is 0.000000246. The quantitative estimate of drug-likeness (QED) is 0.571. The molecule has 0 N–H and O–H groups in total. The average molecular weight is 341 g/mol. The number of aromatic nitrogens is 1. The maximum Gasteiger partial charge on any atom is 0.222 e. The molecule has 0 unspecified atom stereocenters. The van der Waals surface area contributed by atoms with Gasteiger partial charge in [0.05, 0.1) is 6.20 Å². The highest BCUT2D eigenvalue weighted by Gasteiger charge is 2.12. The summed E-state index contributed by atoms with van der Waals surface area (Å²) in [5.41, 5.74) is 3.77. The van der Waals surface area contributed by atoms with E-state index in [1.165, 1.54) is 37.2 Å². The van der Waals surface area contributed by atoms with Crippen molar-refractivity contribution in [2.75, 3.05) is 20.1 Å². The van der Waals surface area contributed by atoms with E-state index >= 15 is 0 Å². The van der Waals surface area contributed by atoms with Gasteiger partial charge in [-0.3, -0.25) is 0 Å². The Bertz CT molecular complexity index is 634. The number of aryl methyl sites for hydroxylation is 1. The van der Waals surface area contributed by atoms with Crippen LogP contribution in [-0.2, 0) is 13.5 Å². The molecule has 3 nitrogen and oxygen atoms in total. The Hall–Kier alpha value is -2.29. The van der Waals surface area contributed by atoms with Crippen molar-refractivity contribution in [1.82, 2.24) is 9.47 Å². The second kappa shape index (κ2) is 11.3. The first-order valence-electron chi connectivity index (χ1n) is 9.19.